The van der Waals surface area contributed by atoms with Crippen LogP contribution in [0.3, 0.4) is 0 Å². The zero-order valence-corrected chi connectivity index (χ0v) is 11.2. The number of nitrogens with one attached hydrogen (secondary N) is 1. The van der Waals surface area contributed by atoms with Crippen LogP contribution in [0.15, 0.2) is 48.5 Å². The van der Waals surface area contributed by atoms with Gasteiger partial charge >= 0.3 is 0 Å². The van der Waals surface area contributed by atoms with Crippen LogP contribution in [0.1, 0.15) is 5.56 Å². The second kappa shape index (κ2) is 6.56. The summed E-state index contributed by atoms with van der Waals surface area (Å²) in [7, 11) is 1.63. The number of hydrogen-bond acceptors (Lipinski definition) is 4. The van der Waals surface area contributed by atoms with E-state index in [4.69, 9.17) is 4.74 Å². The van der Waals surface area contributed by atoms with E-state index in [1.54, 1.807) is 19.2 Å². The van der Waals surface area contributed by atoms with Crippen molar-refractivity contribution in [1.29, 1.82) is 0 Å². The highest BCUT2D eigenvalue weighted by Gasteiger charge is 2.03. The molecule has 0 aliphatic carbocycles. The van der Waals surface area contributed by atoms with Gasteiger partial charge in [0.05, 0.1) is 12.0 Å². The number of anilines is 1. The van der Waals surface area contributed by atoms with Gasteiger partial charge in [-0.1, -0.05) is 18.2 Å². The Bertz CT molecular complexity index is 582. The van der Waals surface area contributed by atoms with E-state index in [0.29, 0.717) is 0 Å². The van der Waals surface area contributed by atoms with Gasteiger partial charge in [0.15, 0.2) is 0 Å². The van der Waals surface area contributed by atoms with E-state index >= 15 is 0 Å². The van der Waals surface area contributed by atoms with Gasteiger partial charge < -0.3 is 10.1 Å². The van der Waals surface area contributed by atoms with E-state index in [-0.39, 0.29) is 5.69 Å². The van der Waals surface area contributed by atoms with Gasteiger partial charge in [-0.2, -0.15) is 0 Å². The summed E-state index contributed by atoms with van der Waals surface area (Å²) in [5, 5.41) is 13.8. The minimum Gasteiger partial charge on any atom is -0.497 e. The number of nitro groups is 1. The molecule has 0 aliphatic rings. The molecule has 0 unspecified atom stereocenters. The minimum absolute atomic E-state index is 0.120. The van der Waals surface area contributed by atoms with Gasteiger partial charge in [0.25, 0.3) is 5.69 Å². The quantitative estimate of drug-likeness (QED) is 0.647. The van der Waals surface area contributed by atoms with Gasteiger partial charge in [-0.3, -0.25) is 10.1 Å². The van der Waals surface area contributed by atoms with Crippen LogP contribution in [0.25, 0.3) is 0 Å². The summed E-state index contributed by atoms with van der Waals surface area (Å²) in [6.45, 7) is 0.755. The van der Waals surface area contributed by atoms with Crippen LogP contribution in [0, 0.1) is 10.1 Å². The maximum atomic E-state index is 10.6. The first-order valence-corrected chi connectivity index (χ1v) is 6.30. The summed E-state index contributed by atoms with van der Waals surface area (Å²) in [6.07, 6.45) is 0.801. The second-order valence-corrected chi connectivity index (χ2v) is 4.33. The molecule has 2 aromatic rings. The Morgan fingerprint density at radius 1 is 1.20 bits per heavy atom. The molecule has 0 saturated carbocycles. The fourth-order valence-electron chi connectivity index (χ4n) is 1.87. The molecule has 0 heterocycles. The molecule has 0 aromatic heterocycles. The Morgan fingerprint density at radius 3 is 2.60 bits per heavy atom. The van der Waals surface area contributed by atoms with Gasteiger partial charge in [0.2, 0.25) is 0 Å². The lowest BCUT2D eigenvalue weighted by Gasteiger charge is -2.08. The SMILES string of the molecule is COc1cccc(NCCc2ccc([N+](=O)[O-])cc2)c1. The van der Waals surface area contributed by atoms with Crippen LogP contribution in [0.4, 0.5) is 11.4 Å². The predicted octanol–water partition coefficient (Wildman–Crippen LogP) is 3.26. The van der Waals surface area contributed by atoms with Crippen LogP contribution < -0.4 is 10.1 Å². The molecular weight excluding hydrogens is 256 g/mol. The van der Waals surface area contributed by atoms with Crippen LogP contribution in [-0.4, -0.2) is 18.6 Å². The summed E-state index contributed by atoms with van der Waals surface area (Å²) in [5.41, 5.74) is 2.17. The zero-order valence-electron chi connectivity index (χ0n) is 11.2. The summed E-state index contributed by atoms with van der Waals surface area (Å²) >= 11 is 0. The van der Waals surface area contributed by atoms with Gasteiger partial charge in [0.1, 0.15) is 5.75 Å². The van der Waals surface area contributed by atoms with Crippen molar-refractivity contribution < 1.29 is 9.66 Å². The average Bonchev–Trinajstić information content (AvgIpc) is 2.48. The standard InChI is InChI=1S/C15H16N2O3/c1-20-15-4-2-3-13(11-15)16-10-9-12-5-7-14(8-6-12)17(18)19/h2-8,11,16H,9-10H2,1H3. The van der Waals surface area contributed by atoms with E-state index in [1.807, 2.05) is 24.3 Å². The van der Waals surface area contributed by atoms with Gasteiger partial charge in [-0.05, 0) is 24.1 Å². The number of benzene rings is 2. The molecule has 0 saturated heterocycles. The highest BCUT2D eigenvalue weighted by molar-refractivity contribution is 5.48. The summed E-state index contributed by atoms with van der Waals surface area (Å²) in [5.74, 6) is 0.810. The zero-order chi connectivity index (χ0) is 14.4. The first-order valence-electron chi connectivity index (χ1n) is 6.30. The molecule has 5 heteroatoms. The molecular formula is C15H16N2O3. The van der Waals surface area contributed by atoms with Crippen molar-refractivity contribution in [3.05, 3.63) is 64.2 Å². The normalized spacial score (nSPS) is 10.1. The first kappa shape index (κ1) is 13.9. The lowest BCUT2D eigenvalue weighted by Crippen LogP contribution is -2.04. The number of hydrogen-bond donors (Lipinski definition) is 1. The minimum atomic E-state index is -0.391. The smallest absolute Gasteiger partial charge is 0.269 e. The topological polar surface area (TPSA) is 64.4 Å². The van der Waals surface area contributed by atoms with E-state index in [0.717, 1.165) is 30.0 Å². The summed E-state index contributed by atoms with van der Waals surface area (Å²) in [4.78, 5) is 10.2. The fourth-order valence-corrected chi connectivity index (χ4v) is 1.87. The molecule has 0 aliphatic heterocycles. The fraction of sp³-hybridized carbons (Fsp3) is 0.200. The third-order valence-corrected chi connectivity index (χ3v) is 2.96. The third-order valence-electron chi connectivity index (χ3n) is 2.96. The molecule has 0 amide bonds. The average molecular weight is 272 g/mol. The molecule has 0 bridgehead atoms. The van der Waals surface area contributed by atoms with Crippen molar-refractivity contribution in [2.24, 2.45) is 0 Å². The molecule has 0 atom stereocenters. The molecule has 2 rings (SSSR count). The Morgan fingerprint density at radius 2 is 1.95 bits per heavy atom. The number of nitro benzene ring substituents is 1. The Labute approximate surface area is 117 Å². The second-order valence-electron chi connectivity index (χ2n) is 4.33. The van der Waals surface area contributed by atoms with Crippen molar-refractivity contribution in [2.75, 3.05) is 19.0 Å². The van der Waals surface area contributed by atoms with Crippen molar-refractivity contribution >= 4 is 11.4 Å². The molecule has 104 valence electrons. The van der Waals surface area contributed by atoms with Crippen molar-refractivity contribution in [1.82, 2.24) is 0 Å². The van der Waals surface area contributed by atoms with Crippen LogP contribution >= 0.6 is 0 Å². The molecule has 20 heavy (non-hydrogen) atoms. The highest BCUT2D eigenvalue weighted by Crippen LogP contribution is 2.17. The number of methoxy groups -OCH3 is 1. The van der Waals surface area contributed by atoms with Gasteiger partial charge in [0, 0.05) is 30.4 Å². The molecule has 1 N–H and O–H groups in total. The van der Waals surface area contributed by atoms with Gasteiger partial charge in [-0.15, -0.1) is 0 Å². The van der Waals surface area contributed by atoms with Crippen molar-refractivity contribution in [3.8, 4) is 5.75 Å². The summed E-state index contributed by atoms with van der Waals surface area (Å²) < 4.78 is 5.15. The molecule has 0 radical (unpaired) electrons. The van der Waals surface area contributed by atoms with Gasteiger partial charge in [-0.25, -0.2) is 0 Å². The maximum absolute atomic E-state index is 10.6. The lowest BCUT2D eigenvalue weighted by atomic mass is 10.1. The van der Waals surface area contributed by atoms with E-state index in [2.05, 4.69) is 5.32 Å². The van der Waals surface area contributed by atoms with E-state index < -0.39 is 4.92 Å². The largest absolute Gasteiger partial charge is 0.497 e. The number of ether oxygens (including phenoxy) is 1. The number of rotatable bonds is 6. The van der Waals surface area contributed by atoms with Crippen molar-refractivity contribution in [2.45, 2.75) is 6.42 Å². The van der Waals surface area contributed by atoms with E-state index in [1.165, 1.54) is 12.1 Å². The first-order chi connectivity index (χ1) is 9.69. The number of nitrogens with zero attached hydrogens (tertiary/aromatic N) is 1. The lowest BCUT2D eigenvalue weighted by molar-refractivity contribution is -0.384. The maximum Gasteiger partial charge on any atom is 0.269 e. The van der Waals surface area contributed by atoms with Crippen LogP contribution in [-0.2, 0) is 6.42 Å². The molecule has 5 nitrogen and oxygen atoms in total. The highest BCUT2D eigenvalue weighted by atomic mass is 16.6. The molecule has 0 fully saturated rings. The molecule has 2 aromatic carbocycles. The predicted molar refractivity (Wildman–Crippen MR) is 78.3 cm³/mol. The van der Waals surface area contributed by atoms with Crippen LogP contribution in [0.2, 0.25) is 0 Å². The van der Waals surface area contributed by atoms with E-state index in [9.17, 15) is 10.1 Å². The molecule has 0 spiro atoms. The third kappa shape index (κ3) is 3.71. The van der Waals surface area contributed by atoms with Crippen molar-refractivity contribution in [3.63, 3.8) is 0 Å². The number of non-ortho nitro benzene ring substituents is 1. The van der Waals surface area contributed by atoms with Crippen LogP contribution in [0.5, 0.6) is 5.75 Å². The summed E-state index contributed by atoms with van der Waals surface area (Å²) in [6, 6.07) is 14.3. The Hall–Kier alpha value is -2.56. The Kier molecular flexibility index (Phi) is 4.55. The monoisotopic (exact) mass is 272 g/mol. The Balaban J connectivity index is 1.87.